The summed E-state index contributed by atoms with van der Waals surface area (Å²) >= 11 is 0. The number of sulfonamides is 1. The standard InChI is InChI=1S/C20H27N3O3S.ClH/c1-15(21)19-8-4-5-13-23(19)20(24)11-12-22-27(25,26)18-10-9-16-6-2-3-7-17(16)14-18;/h2-3,6-7,9-10,14-15,19,22H,4-5,8,11-13,21H2,1H3;1H. The number of carbonyl (C=O) groups excluding carboxylic acids is 1. The SMILES string of the molecule is CC(N)C1CCCCN1C(=O)CCNS(=O)(=O)c1ccc2ccccc2c1.Cl. The topological polar surface area (TPSA) is 92.5 Å². The van der Waals surface area contributed by atoms with Gasteiger partial charge in [-0.15, -0.1) is 12.4 Å². The average molecular weight is 426 g/mol. The lowest BCUT2D eigenvalue weighted by Crippen LogP contribution is -2.52. The summed E-state index contributed by atoms with van der Waals surface area (Å²) in [6, 6.07) is 12.6. The van der Waals surface area contributed by atoms with Crippen molar-refractivity contribution in [3.63, 3.8) is 0 Å². The van der Waals surface area contributed by atoms with Crippen LogP contribution in [0.15, 0.2) is 47.4 Å². The van der Waals surface area contributed by atoms with Gasteiger partial charge in [-0.05, 0) is 49.1 Å². The number of nitrogens with one attached hydrogen (secondary N) is 1. The average Bonchev–Trinajstić information content (AvgIpc) is 2.67. The van der Waals surface area contributed by atoms with Crippen LogP contribution in [0, 0.1) is 0 Å². The molecular formula is C20H28ClN3O3S. The Morgan fingerprint density at radius 3 is 2.64 bits per heavy atom. The number of likely N-dealkylation sites (tertiary alicyclic amines) is 1. The van der Waals surface area contributed by atoms with Crippen molar-refractivity contribution in [2.24, 2.45) is 5.73 Å². The van der Waals surface area contributed by atoms with E-state index in [1.165, 1.54) is 0 Å². The number of amides is 1. The Labute approximate surface area is 172 Å². The second-order valence-electron chi connectivity index (χ2n) is 7.17. The summed E-state index contributed by atoms with van der Waals surface area (Å²) in [5, 5.41) is 1.85. The van der Waals surface area contributed by atoms with Crippen LogP contribution in [0.5, 0.6) is 0 Å². The summed E-state index contributed by atoms with van der Waals surface area (Å²) < 4.78 is 27.6. The minimum Gasteiger partial charge on any atom is -0.338 e. The van der Waals surface area contributed by atoms with Gasteiger partial charge in [-0.2, -0.15) is 0 Å². The van der Waals surface area contributed by atoms with Gasteiger partial charge in [-0.3, -0.25) is 4.79 Å². The van der Waals surface area contributed by atoms with Crippen LogP contribution in [0.2, 0.25) is 0 Å². The summed E-state index contributed by atoms with van der Waals surface area (Å²) in [6.45, 7) is 2.69. The maximum absolute atomic E-state index is 12.6. The van der Waals surface area contributed by atoms with E-state index in [9.17, 15) is 13.2 Å². The summed E-state index contributed by atoms with van der Waals surface area (Å²) in [5.74, 6) is -0.0433. The van der Waals surface area contributed by atoms with E-state index in [1.54, 1.807) is 18.2 Å². The van der Waals surface area contributed by atoms with Crippen molar-refractivity contribution in [2.75, 3.05) is 13.1 Å². The maximum atomic E-state index is 12.6. The molecule has 28 heavy (non-hydrogen) atoms. The van der Waals surface area contributed by atoms with E-state index >= 15 is 0 Å². The smallest absolute Gasteiger partial charge is 0.240 e. The number of hydrogen-bond acceptors (Lipinski definition) is 4. The lowest BCUT2D eigenvalue weighted by molar-refractivity contribution is -0.135. The molecule has 6 nitrogen and oxygen atoms in total. The Kier molecular flexibility index (Phi) is 7.83. The molecule has 0 aromatic heterocycles. The van der Waals surface area contributed by atoms with Crippen LogP contribution in [0.25, 0.3) is 10.8 Å². The van der Waals surface area contributed by atoms with Crippen molar-refractivity contribution in [1.29, 1.82) is 0 Å². The van der Waals surface area contributed by atoms with Gasteiger partial charge in [0.05, 0.1) is 4.90 Å². The number of nitrogens with zero attached hydrogens (tertiary/aromatic N) is 1. The third kappa shape index (κ3) is 5.23. The molecule has 0 spiro atoms. The molecule has 1 aliphatic rings. The zero-order valence-electron chi connectivity index (χ0n) is 16.0. The lowest BCUT2D eigenvalue weighted by atomic mass is 9.96. The molecule has 0 aliphatic carbocycles. The Balaban J connectivity index is 0.00000280. The van der Waals surface area contributed by atoms with Crippen LogP contribution in [-0.2, 0) is 14.8 Å². The largest absolute Gasteiger partial charge is 0.338 e. The molecule has 0 radical (unpaired) electrons. The van der Waals surface area contributed by atoms with Crippen molar-refractivity contribution in [2.45, 2.75) is 49.6 Å². The number of piperidine rings is 1. The van der Waals surface area contributed by atoms with Gasteiger partial charge in [0.1, 0.15) is 0 Å². The highest BCUT2D eigenvalue weighted by Crippen LogP contribution is 2.21. The van der Waals surface area contributed by atoms with Gasteiger partial charge >= 0.3 is 0 Å². The van der Waals surface area contributed by atoms with Crippen LogP contribution in [-0.4, -0.2) is 44.4 Å². The second-order valence-corrected chi connectivity index (χ2v) is 8.93. The molecule has 0 bridgehead atoms. The van der Waals surface area contributed by atoms with Crippen molar-refractivity contribution in [3.8, 4) is 0 Å². The highest BCUT2D eigenvalue weighted by atomic mass is 35.5. The predicted octanol–water partition coefficient (Wildman–Crippen LogP) is 2.66. The van der Waals surface area contributed by atoms with Crippen LogP contribution >= 0.6 is 12.4 Å². The van der Waals surface area contributed by atoms with E-state index < -0.39 is 10.0 Å². The van der Waals surface area contributed by atoms with E-state index in [-0.39, 0.29) is 48.3 Å². The summed E-state index contributed by atoms with van der Waals surface area (Å²) in [4.78, 5) is 14.6. The zero-order chi connectivity index (χ0) is 19.4. The number of carbonyl (C=O) groups is 1. The number of rotatable bonds is 6. The third-order valence-electron chi connectivity index (χ3n) is 5.14. The normalized spacial score (nSPS) is 18.5. The number of nitrogens with two attached hydrogens (primary N) is 1. The molecule has 2 unspecified atom stereocenters. The van der Waals surface area contributed by atoms with Gasteiger partial charge in [-0.1, -0.05) is 30.3 Å². The molecule has 8 heteroatoms. The Bertz CT molecular complexity index is 918. The fourth-order valence-corrected chi connectivity index (χ4v) is 4.73. The van der Waals surface area contributed by atoms with Crippen LogP contribution in [0.1, 0.15) is 32.6 Å². The van der Waals surface area contributed by atoms with Gasteiger partial charge in [-0.25, -0.2) is 13.1 Å². The first kappa shape index (κ1) is 22.6. The minimum absolute atomic E-state index is 0. The van der Waals surface area contributed by atoms with E-state index in [0.717, 1.165) is 30.0 Å². The number of fused-ring (bicyclic) bond motifs is 1. The first-order valence-corrected chi connectivity index (χ1v) is 10.9. The van der Waals surface area contributed by atoms with Crippen molar-refractivity contribution in [1.82, 2.24) is 9.62 Å². The fourth-order valence-electron chi connectivity index (χ4n) is 3.67. The van der Waals surface area contributed by atoms with E-state index in [2.05, 4.69) is 4.72 Å². The Morgan fingerprint density at radius 2 is 1.93 bits per heavy atom. The Hall–Kier alpha value is -1.67. The van der Waals surface area contributed by atoms with E-state index in [1.807, 2.05) is 36.1 Å². The monoisotopic (exact) mass is 425 g/mol. The number of halogens is 1. The number of hydrogen-bond donors (Lipinski definition) is 2. The maximum Gasteiger partial charge on any atom is 0.240 e. The van der Waals surface area contributed by atoms with Gasteiger partial charge in [0.15, 0.2) is 0 Å². The van der Waals surface area contributed by atoms with Crippen LogP contribution in [0.3, 0.4) is 0 Å². The van der Waals surface area contributed by atoms with Crippen LogP contribution in [0.4, 0.5) is 0 Å². The molecule has 3 N–H and O–H groups in total. The van der Waals surface area contributed by atoms with Gasteiger partial charge < -0.3 is 10.6 Å². The molecule has 1 saturated heterocycles. The predicted molar refractivity (Wildman–Crippen MR) is 114 cm³/mol. The van der Waals surface area contributed by atoms with Gasteiger partial charge in [0, 0.05) is 31.6 Å². The first-order valence-electron chi connectivity index (χ1n) is 9.42. The summed E-state index contributed by atoms with van der Waals surface area (Å²) in [7, 11) is -3.65. The molecule has 1 fully saturated rings. The molecule has 2 aromatic rings. The van der Waals surface area contributed by atoms with Gasteiger partial charge in [0.2, 0.25) is 15.9 Å². The second kappa shape index (κ2) is 9.69. The highest BCUT2D eigenvalue weighted by Gasteiger charge is 2.29. The molecule has 2 atom stereocenters. The van der Waals surface area contributed by atoms with Crippen LogP contribution < -0.4 is 10.5 Å². The molecule has 154 valence electrons. The molecule has 3 rings (SSSR count). The molecule has 2 aromatic carbocycles. The fraction of sp³-hybridized carbons (Fsp3) is 0.450. The van der Waals surface area contributed by atoms with Crippen molar-refractivity contribution >= 4 is 39.1 Å². The molecule has 0 saturated carbocycles. The van der Waals surface area contributed by atoms with E-state index in [4.69, 9.17) is 5.73 Å². The minimum atomic E-state index is -3.65. The lowest BCUT2D eigenvalue weighted by Gasteiger charge is -2.38. The van der Waals surface area contributed by atoms with Gasteiger partial charge in [0.25, 0.3) is 0 Å². The molecule has 1 heterocycles. The number of benzene rings is 2. The van der Waals surface area contributed by atoms with Crippen molar-refractivity contribution in [3.05, 3.63) is 42.5 Å². The molecular weight excluding hydrogens is 398 g/mol. The molecule has 1 aliphatic heterocycles. The van der Waals surface area contributed by atoms with Crippen molar-refractivity contribution < 1.29 is 13.2 Å². The summed E-state index contributed by atoms with van der Waals surface area (Å²) in [5.41, 5.74) is 6.01. The van der Waals surface area contributed by atoms with E-state index in [0.29, 0.717) is 6.54 Å². The quantitative estimate of drug-likeness (QED) is 0.744. The first-order chi connectivity index (χ1) is 12.9. The summed E-state index contributed by atoms with van der Waals surface area (Å²) in [6.07, 6.45) is 3.09. The third-order valence-corrected chi connectivity index (χ3v) is 6.60. The zero-order valence-corrected chi connectivity index (χ0v) is 17.6. The Morgan fingerprint density at radius 1 is 1.21 bits per heavy atom. The molecule has 1 amide bonds. The highest BCUT2D eigenvalue weighted by molar-refractivity contribution is 7.89.